The molecule has 0 radical (unpaired) electrons. The molecule has 42 heavy (non-hydrogen) atoms. The summed E-state index contributed by atoms with van der Waals surface area (Å²) in [6, 6.07) is 44.8. The molecule has 2 nitrogen and oxygen atoms in total. The summed E-state index contributed by atoms with van der Waals surface area (Å²) < 4.78 is 22.0. The standard InChI is InChI=1S/C40H22O2/c1-3-13-35-27(7-1)33-11-5-9-31(39(33)41-35)25-19-15-23-18-22-30-26(20-16-24-17-21-29(25)37(23)38(24)30)32-10-6-12-34-28-8-2-4-14-36(28)42-40(32)34/h1-22H/i15D. The number of hydrogen-bond acceptors (Lipinski definition) is 2. The first-order chi connectivity index (χ1) is 21.2. The summed E-state index contributed by atoms with van der Waals surface area (Å²) in [5.41, 5.74) is 7.75. The lowest BCUT2D eigenvalue weighted by atomic mass is 9.87. The number of furan rings is 2. The lowest BCUT2D eigenvalue weighted by Crippen LogP contribution is -1.90. The predicted molar refractivity (Wildman–Crippen MR) is 176 cm³/mol. The predicted octanol–water partition coefficient (Wildman–Crippen LogP) is 11.7. The fourth-order valence-electron chi connectivity index (χ4n) is 7.10. The first-order valence-electron chi connectivity index (χ1n) is 14.8. The Bertz CT molecular complexity index is 2740. The van der Waals surface area contributed by atoms with Crippen LogP contribution in [-0.4, -0.2) is 0 Å². The van der Waals surface area contributed by atoms with Crippen molar-refractivity contribution in [3.63, 3.8) is 0 Å². The molecule has 0 aliphatic heterocycles. The molecule has 0 N–H and O–H groups in total. The Morgan fingerprint density at radius 2 is 0.857 bits per heavy atom. The van der Waals surface area contributed by atoms with Crippen molar-refractivity contribution >= 4 is 76.2 Å². The van der Waals surface area contributed by atoms with Crippen LogP contribution in [-0.2, 0) is 0 Å². The molecule has 0 aliphatic rings. The average Bonchev–Trinajstić information content (AvgIpc) is 3.63. The molecule has 0 amide bonds. The molecular weight excluding hydrogens is 512 g/mol. The van der Waals surface area contributed by atoms with Crippen LogP contribution in [0.1, 0.15) is 1.37 Å². The van der Waals surface area contributed by atoms with Gasteiger partial charge in [0.15, 0.2) is 0 Å². The van der Waals surface area contributed by atoms with Crippen molar-refractivity contribution in [3.05, 3.63) is 133 Å². The van der Waals surface area contributed by atoms with Gasteiger partial charge in [-0.15, -0.1) is 0 Å². The third-order valence-electron chi connectivity index (χ3n) is 8.96. The zero-order valence-electron chi connectivity index (χ0n) is 23.4. The summed E-state index contributed by atoms with van der Waals surface area (Å²) in [4.78, 5) is 0. The molecule has 0 unspecified atom stereocenters. The zero-order chi connectivity index (χ0) is 28.2. The smallest absolute Gasteiger partial charge is 0.143 e. The van der Waals surface area contributed by atoms with Gasteiger partial charge in [0.2, 0.25) is 0 Å². The van der Waals surface area contributed by atoms with E-state index in [1.807, 2.05) is 36.4 Å². The molecule has 10 rings (SSSR count). The summed E-state index contributed by atoms with van der Waals surface area (Å²) in [6.07, 6.45) is 0. The van der Waals surface area contributed by atoms with Gasteiger partial charge in [-0.2, -0.15) is 0 Å². The molecule has 0 fully saturated rings. The zero-order valence-corrected chi connectivity index (χ0v) is 22.4. The highest BCUT2D eigenvalue weighted by Crippen LogP contribution is 2.45. The van der Waals surface area contributed by atoms with Crippen LogP contribution in [0.4, 0.5) is 0 Å². The molecule has 0 bridgehead atoms. The van der Waals surface area contributed by atoms with E-state index in [2.05, 4.69) is 91.0 Å². The van der Waals surface area contributed by atoms with E-state index in [1.54, 1.807) is 0 Å². The van der Waals surface area contributed by atoms with Gasteiger partial charge in [-0.1, -0.05) is 121 Å². The second-order valence-electron chi connectivity index (χ2n) is 11.1. The van der Waals surface area contributed by atoms with Gasteiger partial charge in [0.25, 0.3) is 0 Å². The quantitative estimate of drug-likeness (QED) is 0.206. The van der Waals surface area contributed by atoms with Gasteiger partial charge in [0.1, 0.15) is 22.3 Å². The number of fused-ring (bicyclic) bond motifs is 6. The van der Waals surface area contributed by atoms with E-state index >= 15 is 0 Å². The largest absolute Gasteiger partial charge is 0.455 e. The molecule has 2 heterocycles. The minimum absolute atomic E-state index is 0.509. The Balaban J connectivity index is 1.31. The van der Waals surface area contributed by atoms with Crippen molar-refractivity contribution in [1.82, 2.24) is 0 Å². The summed E-state index contributed by atoms with van der Waals surface area (Å²) >= 11 is 0. The van der Waals surface area contributed by atoms with E-state index in [4.69, 9.17) is 10.2 Å². The van der Waals surface area contributed by atoms with Gasteiger partial charge >= 0.3 is 0 Å². The van der Waals surface area contributed by atoms with Crippen molar-refractivity contribution in [3.8, 4) is 22.3 Å². The first-order valence-corrected chi connectivity index (χ1v) is 14.3. The molecular formula is C40H22O2. The summed E-state index contributed by atoms with van der Waals surface area (Å²) in [5.74, 6) is 0. The van der Waals surface area contributed by atoms with Gasteiger partial charge in [0.05, 0.1) is 1.37 Å². The Labute approximate surface area is 241 Å². The molecule has 0 atom stereocenters. The van der Waals surface area contributed by atoms with Crippen LogP contribution < -0.4 is 0 Å². The summed E-state index contributed by atoms with van der Waals surface area (Å²) in [6.45, 7) is 0. The molecule has 2 aromatic heterocycles. The normalized spacial score (nSPS) is 12.6. The molecule has 0 spiro atoms. The topological polar surface area (TPSA) is 26.3 Å². The molecule has 2 heteroatoms. The summed E-state index contributed by atoms with van der Waals surface area (Å²) in [5, 5.41) is 11.1. The van der Waals surface area contributed by atoms with Crippen molar-refractivity contribution in [2.75, 3.05) is 0 Å². The lowest BCUT2D eigenvalue weighted by Gasteiger charge is -2.16. The van der Waals surface area contributed by atoms with Crippen LogP contribution in [0.15, 0.2) is 142 Å². The first kappa shape index (κ1) is 21.2. The Morgan fingerprint density at radius 1 is 0.357 bits per heavy atom. The summed E-state index contributed by atoms with van der Waals surface area (Å²) in [7, 11) is 0. The highest BCUT2D eigenvalue weighted by Gasteiger charge is 2.19. The van der Waals surface area contributed by atoms with Crippen LogP contribution >= 0.6 is 0 Å². The number of benzene rings is 8. The maximum atomic E-state index is 9.15. The SMILES string of the molecule is [2H]c1cc(-c2cccc3c2oc2ccccc23)c2ccc3ccc(-c4cccc5c4oc4ccccc45)c4ccc1c2c34. The Hall–Kier alpha value is -5.60. The van der Waals surface area contributed by atoms with Gasteiger partial charge in [-0.3, -0.25) is 0 Å². The van der Waals surface area contributed by atoms with Crippen molar-refractivity contribution in [2.24, 2.45) is 0 Å². The minimum Gasteiger partial charge on any atom is -0.455 e. The molecule has 10 aromatic rings. The highest BCUT2D eigenvalue weighted by molar-refractivity contribution is 6.29. The Morgan fingerprint density at radius 3 is 1.50 bits per heavy atom. The van der Waals surface area contributed by atoms with E-state index in [-0.39, 0.29) is 0 Å². The van der Waals surface area contributed by atoms with E-state index in [0.29, 0.717) is 6.04 Å². The third kappa shape index (κ3) is 2.83. The highest BCUT2D eigenvalue weighted by atomic mass is 16.3. The molecule has 8 aromatic carbocycles. The van der Waals surface area contributed by atoms with Crippen molar-refractivity contribution < 1.29 is 10.2 Å². The molecule has 194 valence electrons. The van der Waals surface area contributed by atoms with Gasteiger partial charge in [-0.25, -0.2) is 0 Å². The maximum absolute atomic E-state index is 9.15. The van der Waals surface area contributed by atoms with Crippen LogP contribution in [0.3, 0.4) is 0 Å². The third-order valence-corrected chi connectivity index (χ3v) is 8.96. The number of para-hydroxylation sites is 4. The van der Waals surface area contributed by atoms with E-state index in [0.717, 1.165) is 93.1 Å². The second kappa shape index (κ2) is 7.99. The molecule has 0 saturated heterocycles. The number of rotatable bonds is 2. The van der Waals surface area contributed by atoms with Gasteiger partial charge in [-0.05, 0) is 55.6 Å². The van der Waals surface area contributed by atoms with Crippen LogP contribution in [0.5, 0.6) is 0 Å². The van der Waals surface area contributed by atoms with Crippen molar-refractivity contribution in [2.45, 2.75) is 0 Å². The Kier molecular flexibility index (Phi) is 4.03. The van der Waals surface area contributed by atoms with E-state index < -0.39 is 0 Å². The van der Waals surface area contributed by atoms with Gasteiger partial charge < -0.3 is 8.83 Å². The maximum Gasteiger partial charge on any atom is 0.143 e. The molecule has 0 saturated carbocycles. The fourth-order valence-corrected chi connectivity index (χ4v) is 7.10. The van der Waals surface area contributed by atoms with Gasteiger partial charge in [0, 0.05) is 32.7 Å². The van der Waals surface area contributed by atoms with E-state index in [1.165, 1.54) is 5.39 Å². The molecule has 0 aliphatic carbocycles. The van der Waals surface area contributed by atoms with Crippen LogP contribution in [0.2, 0.25) is 0 Å². The number of hydrogen-bond donors (Lipinski definition) is 0. The van der Waals surface area contributed by atoms with Crippen LogP contribution in [0.25, 0.3) is 98.4 Å². The van der Waals surface area contributed by atoms with Crippen LogP contribution in [0, 0.1) is 0 Å². The fraction of sp³-hybridized carbons (Fsp3) is 0. The monoisotopic (exact) mass is 535 g/mol. The minimum atomic E-state index is 0.509. The van der Waals surface area contributed by atoms with Crippen molar-refractivity contribution in [1.29, 1.82) is 0 Å². The average molecular weight is 536 g/mol. The second-order valence-corrected chi connectivity index (χ2v) is 11.1. The lowest BCUT2D eigenvalue weighted by molar-refractivity contribution is 0.669. The van der Waals surface area contributed by atoms with E-state index in [9.17, 15) is 0 Å².